The SMILES string of the molecule is Cc1cc(C)cc(NC(=O)NC(C)c2c(-n3cccc3)sc3c2CCCC3)c1. The molecule has 1 atom stereocenters. The molecule has 2 heterocycles. The number of urea groups is 1. The number of fused-ring (bicyclic) bond motifs is 1. The van der Waals surface area contributed by atoms with Crippen LogP contribution in [0.3, 0.4) is 0 Å². The van der Waals surface area contributed by atoms with Crippen molar-refractivity contribution in [1.82, 2.24) is 9.88 Å². The molecular weight excluding hydrogens is 366 g/mol. The summed E-state index contributed by atoms with van der Waals surface area (Å²) in [6.45, 7) is 6.17. The largest absolute Gasteiger partial charge is 0.331 e. The van der Waals surface area contributed by atoms with E-state index in [2.05, 4.69) is 40.6 Å². The number of benzene rings is 1. The summed E-state index contributed by atoms with van der Waals surface area (Å²) in [7, 11) is 0. The standard InChI is InChI=1S/C23H27N3OS/c1-15-12-16(2)14-18(13-15)25-23(27)24-17(3)21-19-8-4-5-9-20(19)28-22(21)26-10-6-7-11-26/h6-7,10-14,17H,4-5,8-9H2,1-3H3,(H2,24,25,27). The van der Waals surface area contributed by atoms with E-state index in [1.54, 1.807) is 0 Å². The molecule has 2 N–H and O–H groups in total. The van der Waals surface area contributed by atoms with Crippen molar-refractivity contribution in [2.45, 2.75) is 52.5 Å². The average Bonchev–Trinajstić information content (AvgIpc) is 3.28. The van der Waals surface area contributed by atoms with E-state index in [9.17, 15) is 4.79 Å². The van der Waals surface area contributed by atoms with Gasteiger partial charge in [-0.2, -0.15) is 0 Å². The van der Waals surface area contributed by atoms with Gasteiger partial charge < -0.3 is 15.2 Å². The Labute approximate surface area is 170 Å². The van der Waals surface area contributed by atoms with Crippen LogP contribution in [0.2, 0.25) is 0 Å². The van der Waals surface area contributed by atoms with E-state index in [0.717, 1.165) is 29.7 Å². The van der Waals surface area contributed by atoms with Gasteiger partial charge in [0.15, 0.2) is 0 Å². The number of amides is 2. The van der Waals surface area contributed by atoms with Crippen LogP contribution in [0, 0.1) is 13.8 Å². The number of thiophene rings is 1. The minimum absolute atomic E-state index is 0.0543. The van der Waals surface area contributed by atoms with E-state index in [1.807, 2.05) is 49.4 Å². The molecule has 0 aliphatic heterocycles. The summed E-state index contributed by atoms with van der Waals surface area (Å²) in [6.07, 6.45) is 8.91. The molecular formula is C23H27N3OS. The number of anilines is 1. The number of aryl methyl sites for hydroxylation is 3. The molecule has 2 amide bonds. The van der Waals surface area contributed by atoms with Gasteiger partial charge in [-0.05, 0) is 87.4 Å². The molecule has 3 aromatic rings. The Balaban J connectivity index is 1.58. The predicted octanol–water partition coefficient (Wildman–Crippen LogP) is 5.92. The Morgan fingerprint density at radius 3 is 2.46 bits per heavy atom. The highest BCUT2D eigenvalue weighted by molar-refractivity contribution is 7.15. The van der Waals surface area contributed by atoms with Crippen LogP contribution in [0.5, 0.6) is 0 Å². The van der Waals surface area contributed by atoms with Crippen molar-refractivity contribution in [2.75, 3.05) is 5.32 Å². The molecule has 1 aliphatic rings. The summed E-state index contributed by atoms with van der Waals surface area (Å²) in [4.78, 5) is 14.2. The lowest BCUT2D eigenvalue weighted by molar-refractivity contribution is 0.249. The monoisotopic (exact) mass is 393 g/mol. The number of hydrogen-bond acceptors (Lipinski definition) is 2. The molecule has 0 spiro atoms. The van der Waals surface area contributed by atoms with E-state index in [4.69, 9.17) is 0 Å². The Kier molecular flexibility index (Phi) is 5.27. The summed E-state index contributed by atoms with van der Waals surface area (Å²) in [5.41, 5.74) is 5.83. The van der Waals surface area contributed by atoms with Gasteiger partial charge in [-0.25, -0.2) is 4.79 Å². The first-order chi connectivity index (χ1) is 13.5. The summed E-state index contributed by atoms with van der Waals surface area (Å²) in [5, 5.41) is 7.40. The molecule has 146 valence electrons. The number of nitrogens with zero attached hydrogens (tertiary/aromatic N) is 1. The first-order valence-corrected chi connectivity index (χ1v) is 10.8. The number of rotatable bonds is 4. The third kappa shape index (κ3) is 3.85. The molecule has 5 heteroatoms. The van der Waals surface area contributed by atoms with Gasteiger partial charge >= 0.3 is 6.03 Å². The van der Waals surface area contributed by atoms with E-state index < -0.39 is 0 Å². The molecule has 1 aliphatic carbocycles. The van der Waals surface area contributed by atoms with Crippen LogP contribution in [-0.4, -0.2) is 10.6 Å². The van der Waals surface area contributed by atoms with E-state index in [-0.39, 0.29) is 12.1 Å². The minimum Gasteiger partial charge on any atom is -0.331 e. The first kappa shape index (κ1) is 18.8. The van der Waals surface area contributed by atoms with Crippen LogP contribution in [-0.2, 0) is 12.8 Å². The average molecular weight is 394 g/mol. The fourth-order valence-corrected chi connectivity index (χ4v) is 5.62. The van der Waals surface area contributed by atoms with Crippen molar-refractivity contribution in [2.24, 2.45) is 0 Å². The minimum atomic E-state index is -0.160. The van der Waals surface area contributed by atoms with Crippen molar-refractivity contribution in [3.05, 3.63) is 69.9 Å². The lowest BCUT2D eigenvalue weighted by Crippen LogP contribution is -2.32. The zero-order valence-corrected chi connectivity index (χ0v) is 17.5. The van der Waals surface area contributed by atoms with Gasteiger partial charge in [0.05, 0.1) is 6.04 Å². The second-order valence-corrected chi connectivity index (χ2v) is 8.80. The van der Waals surface area contributed by atoms with Crippen molar-refractivity contribution >= 4 is 23.1 Å². The van der Waals surface area contributed by atoms with E-state index in [1.165, 1.54) is 33.8 Å². The highest BCUT2D eigenvalue weighted by Crippen LogP contribution is 2.40. The van der Waals surface area contributed by atoms with Crippen molar-refractivity contribution in [3.8, 4) is 5.00 Å². The number of nitrogens with one attached hydrogen (secondary N) is 2. The predicted molar refractivity (Wildman–Crippen MR) is 117 cm³/mol. The van der Waals surface area contributed by atoms with Crippen LogP contribution in [0.15, 0.2) is 42.7 Å². The number of aromatic nitrogens is 1. The highest BCUT2D eigenvalue weighted by atomic mass is 32.1. The molecule has 1 aromatic carbocycles. The summed E-state index contributed by atoms with van der Waals surface area (Å²) < 4.78 is 2.18. The number of hydrogen-bond donors (Lipinski definition) is 2. The van der Waals surface area contributed by atoms with Crippen LogP contribution in [0.4, 0.5) is 10.5 Å². The summed E-state index contributed by atoms with van der Waals surface area (Å²) in [5.74, 6) is 0. The Morgan fingerprint density at radius 2 is 1.75 bits per heavy atom. The molecule has 4 nitrogen and oxygen atoms in total. The van der Waals surface area contributed by atoms with Crippen molar-refractivity contribution in [1.29, 1.82) is 0 Å². The summed E-state index contributed by atoms with van der Waals surface area (Å²) in [6, 6.07) is 9.98. The van der Waals surface area contributed by atoms with Gasteiger partial charge in [0.2, 0.25) is 0 Å². The maximum absolute atomic E-state index is 12.7. The Morgan fingerprint density at radius 1 is 1.07 bits per heavy atom. The number of carbonyl (C=O) groups excluding carboxylic acids is 1. The molecule has 0 bridgehead atoms. The Bertz CT molecular complexity index is 967. The second-order valence-electron chi connectivity index (χ2n) is 7.72. The third-order valence-electron chi connectivity index (χ3n) is 5.29. The highest BCUT2D eigenvalue weighted by Gasteiger charge is 2.25. The quantitative estimate of drug-likeness (QED) is 0.568. The molecule has 28 heavy (non-hydrogen) atoms. The maximum atomic E-state index is 12.7. The zero-order valence-electron chi connectivity index (χ0n) is 16.7. The van der Waals surface area contributed by atoms with E-state index in [0.29, 0.717) is 0 Å². The topological polar surface area (TPSA) is 46.1 Å². The van der Waals surface area contributed by atoms with Crippen LogP contribution in [0.1, 0.15) is 52.9 Å². The lowest BCUT2D eigenvalue weighted by Gasteiger charge is -2.20. The van der Waals surface area contributed by atoms with Gasteiger partial charge in [-0.3, -0.25) is 0 Å². The van der Waals surface area contributed by atoms with Gasteiger partial charge in [-0.1, -0.05) is 6.07 Å². The molecule has 4 rings (SSSR count). The van der Waals surface area contributed by atoms with Crippen LogP contribution < -0.4 is 10.6 Å². The maximum Gasteiger partial charge on any atom is 0.319 e. The fraction of sp³-hybridized carbons (Fsp3) is 0.348. The molecule has 0 radical (unpaired) electrons. The van der Waals surface area contributed by atoms with Crippen molar-refractivity contribution < 1.29 is 4.79 Å². The van der Waals surface area contributed by atoms with Gasteiger partial charge in [0.1, 0.15) is 5.00 Å². The smallest absolute Gasteiger partial charge is 0.319 e. The van der Waals surface area contributed by atoms with Crippen LogP contribution >= 0.6 is 11.3 Å². The fourth-order valence-electron chi connectivity index (χ4n) is 4.17. The van der Waals surface area contributed by atoms with E-state index >= 15 is 0 Å². The summed E-state index contributed by atoms with van der Waals surface area (Å²) >= 11 is 1.87. The van der Waals surface area contributed by atoms with Crippen molar-refractivity contribution in [3.63, 3.8) is 0 Å². The lowest BCUT2D eigenvalue weighted by atomic mass is 9.93. The number of carbonyl (C=O) groups is 1. The molecule has 0 saturated heterocycles. The van der Waals surface area contributed by atoms with Gasteiger partial charge in [0.25, 0.3) is 0 Å². The van der Waals surface area contributed by atoms with Crippen LogP contribution in [0.25, 0.3) is 5.00 Å². The molecule has 0 fully saturated rings. The normalized spacial score (nSPS) is 14.4. The zero-order chi connectivity index (χ0) is 19.7. The second kappa shape index (κ2) is 7.84. The third-order valence-corrected chi connectivity index (χ3v) is 6.61. The molecule has 1 unspecified atom stereocenters. The van der Waals surface area contributed by atoms with Gasteiger partial charge in [0, 0.05) is 28.5 Å². The first-order valence-electron chi connectivity index (χ1n) is 9.95. The Hall–Kier alpha value is -2.53. The molecule has 2 aromatic heterocycles. The van der Waals surface area contributed by atoms with Gasteiger partial charge in [-0.15, -0.1) is 11.3 Å². The molecule has 0 saturated carbocycles.